The van der Waals surface area contributed by atoms with Gasteiger partial charge in [-0.3, -0.25) is 0 Å². The molecule has 1 aromatic carbocycles. The van der Waals surface area contributed by atoms with Crippen molar-refractivity contribution in [1.82, 2.24) is 0 Å². The van der Waals surface area contributed by atoms with Gasteiger partial charge in [-0.15, -0.1) is 0 Å². The first-order valence-electron chi connectivity index (χ1n) is 5.23. The fraction of sp³-hybridized carbons (Fsp3) is 0.231. The number of halogens is 1. The average Bonchev–Trinajstić information content (AvgIpc) is 2.75. The molecule has 0 aliphatic carbocycles. The highest BCUT2D eigenvalue weighted by Gasteiger charge is 2.13. The van der Waals surface area contributed by atoms with E-state index in [0.29, 0.717) is 10.4 Å². The van der Waals surface area contributed by atoms with Crippen molar-refractivity contribution in [3.8, 4) is 0 Å². The summed E-state index contributed by atoms with van der Waals surface area (Å²) in [4.78, 5) is 0. The number of aliphatic hydroxyl groups is 1. The molecule has 0 spiro atoms. The third kappa shape index (κ3) is 2.36. The van der Waals surface area contributed by atoms with Crippen LogP contribution in [0.15, 0.2) is 45.5 Å². The van der Waals surface area contributed by atoms with E-state index in [1.165, 1.54) is 5.56 Å². The monoisotopic (exact) mass is 280 g/mol. The summed E-state index contributed by atoms with van der Waals surface area (Å²) in [6.07, 6.45) is 0.306. The number of hydrogen-bond acceptors (Lipinski definition) is 2. The van der Waals surface area contributed by atoms with Crippen molar-refractivity contribution < 1.29 is 9.52 Å². The molecule has 2 rings (SSSR count). The van der Waals surface area contributed by atoms with E-state index in [-0.39, 0.29) is 0 Å². The van der Waals surface area contributed by atoms with Gasteiger partial charge in [0.25, 0.3) is 0 Å². The normalized spacial score (nSPS) is 12.7. The minimum atomic E-state index is -0.697. The molecule has 0 fully saturated rings. The van der Waals surface area contributed by atoms with Crippen LogP contribution in [-0.4, -0.2) is 5.11 Å². The van der Waals surface area contributed by atoms with Crippen molar-refractivity contribution in [2.75, 3.05) is 0 Å². The Kier molecular flexibility index (Phi) is 3.46. The van der Waals surface area contributed by atoms with Gasteiger partial charge in [0.15, 0.2) is 4.67 Å². The number of benzene rings is 1. The van der Waals surface area contributed by atoms with Crippen molar-refractivity contribution in [2.24, 2.45) is 0 Å². The molecule has 1 heterocycles. The molecule has 2 nitrogen and oxygen atoms in total. The van der Waals surface area contributed by atoms with E-state index >= 15 is 0 Å². The summed E-state index contributed by atoms with van der Waals surface area (Å²) in [6, 6.07) is 11.5. The van der Waals surface area contributed by atoms with Crippen LogP contribution in [0.3, 0.4) is 0 Å². The second-order valence-electron chi connectivity index (χ2n) is 3.64. The molecular weight excluding hydrogens is 268 g/mol. The lowest BCUT2D eigenvalue weighted by molar-refractivity contribution is 0.187. The Hall–Kier alpha value is -1.06. The maximum atomic E-state index is 10.1. The van der Waals surface area contributed by atoms with Crippen molar-refractivity contribution in [1.29, 1.82) is 0 Å². The van der Waals surface area contributed by atoms with Gasteiger partial charge >= 0.3 is 0 Å². The van der Waals surface area contributed by atoms with Crippen LogP contribution in [0.2, 0.25) is 0 Å². The lowest BCUT2D eigenvalue weighted by Crippen LogP contribution is -1.97. The van der Waals surface area contributed by atoms with E-state index in [2.05, 4.69) is 22.9 Å². The van der Waals surface area contributed by atoms with E-state index in [4.69, 9.17) is 4.42 Å². The van der Waals surface area contributed by atoms with Gasteiger partial charge in [0.05, 0.1) is 0 Å². The second-order valence-corrected chi connectivity index (χ2v) is 4.42. The number of furan rings is 1. The third-order valence-electron chi connectivity index (χ3n) is 2.57. The molecule has 2 aromatic rings. The summed E-state index contributed by atoms with van der Waals surface area (Å²) in [5, 5.41) is 10.1. The summed E-state index contributed by atoms with van der Waals surface area (Å²) >= 11 is 3.22. The zero-order chi connectivity index (χ0) is 11.5. The molecule has 16 heavy (non-hydrogen) atoms. The van der Waals surface area contributed by atoms with E-state index < -0.39 is 6.10 Å². The van der Waals surface area contributed by atoms with Crippen LogP contribution in [-0.2, 0) is 6.42 Å². The largest absolute Gasteiger partial charge is 0.451 e. The van der Waals surface area contributed by atoms with Gasteiger partial charge < -0.3 is 9.52 Å². The molecule has 1 unspecified atom stereocenters. The molecule has 84 valence electrons. The van der Waals surface area contributed by atoms with Gasteiger partial charge in [-0.1, -0.05) is 31.2 Å². The zero-order valence-corrected chi connectivity index (χ0v) is 10.6. The Morgan fingerprint density at radius 3 is 2.38 bits per heavy atom. The summed E-state index contributed by atoms with van der Waals surface area (Å²) in [5.41, 5.74) is 2.11. The molecule has 0 saturated heterocycles. The van der Waals surface area contributed by atoms with Gasteiger partial charge in [-0.25, -0.2) is 0 Å². The first-order chi connectivity index (χ1) is 7.70. The van der Waals surface area contributed by atoms with Crippen molar-refractivity contribution >= 4 is 15.9 Å². The molecule has 1 atom stereocenters. The number of rotatable bonds is 3. The van der Waals surface area contributed by atoms with E-state index in [1.54, 1.807) is 12.1 Å². The van der Waals surface area contributed by atoms with Gasteiger partial charge in [0.1, 0.15) is 11.9 Å². The van der Waals surface area contributed by atoms with E-state index in [0.717, 1.165) is 12.0 Å². The average molecular weight is 281 g/mol. The summed E-state index contributed by atoms with van der Waals surface area (Å²) in [6.45, 7) is 2.11. The SMILES string of the molecule is CCc1ccc(C(O)c2ccc(Br)o2)cc1. The van der Waals surface area contributed by atoms with Crippen LogP contribution in [0, 0.1) is 0 Å². The van der Waals surface area contributed by atoms with Crippen molar-refractivity contribution in [2.45, 2.75) is 19.4 Å². The van der Waals surface area contributed by atoms with Crippen LogP contribution in [0.4, 0.5) is 0 Å². The molecule has 1 N–H and O–H groups in total. The van der Waals surface area contributed by atoms with E-state index in [1.807, 2.05) is 24.3 Å². The maximum absolute atomic E-state index is 10.1. The lowest BCUT2D eigenvalue weighted by Gasteiger charge is -2.08. The first-order valence-corrected chi connectivity index (χ1v) is 6.02. The van der Waals surface area contributed by atoms with Crippen LogP contribution < -0.4 is 0 Å². The highest BCUT2D eigenvalue weighted by Crippen LogP contribution is 2.26. The number of hydrogen-bond donors (Lipinski definition) is 1. The standard InChI is InChI=1S/C13H13BrO2/c1-2-9-3-5-10(6-4-9)13(15)11-7-8-12(14)16-11/h3-8,13,15H,2H2,1H3. The summed E-state index contributed by atoms with van der Waals surface area (Å²) < 4.78 is 5.95. The topological polar surface area (TPSA) is 33.4 Å². The van der Waals surface area contributed by atoms with Gasteiger partial charge in [0.2, 0.25) is 0 Å². The van der Waals surface area contributed by atoms with Crippen molar-refractivity contribution in [3.05, 3.63) is 58.0 Å². The van der Waals surface area contributed by atoms with Crippen LogP contribution in [0.5, 0.6) is 0 Å². The van der Waals surface area contributed by atoms with Gasteiger partial charge in [-0.05, 0) is 45.6 Å². The molecule has 0 amide bonds. The Balaban J connectivity index is 2.23. The Bertz CT molecular complexity index is 459. The highest BCUT2D eigenvalue weighted by molar-refractivity contribution is 9.10. The Labute approximate surface area is 103 Å². The van der Waals surface area contributed by atoms with Crippen molar-refractivity contribution in [3.63, 3.8) is 0 Å². The lowest BCUT2D eigenvalue weighted by atomic mass is 10.0. The smallest absolute Gasteiger partial charge is 0.169 e. The fourth-order valence-corrected chi connectivity index (χ4v) is 1.89. The maximum Gasteiger partial charge on any atom is 0.169 e. The third-order valence-corrected chi connectivity index (χ3v) is 2.99. The van der Waals surface area contributed by atoms with Crippen LogP contribution in [0.1, 0.15) is 29.9 Å². The molecule has 3 heteroatoms. The zero-order valence-electron chi connectivity index (χ0n) is 8.98. The fourth-order valence-electron chi connectivity index (χ4n) is 1.58. The summed E-state index contributed by atoms with van der Waals surface area (Å²) in [7, 11) is 0. The van der Waals surface area contributed by atoms with E-state index in [9.17, 15) is 5.11 Å². The minimum Gasteiger partial charge on any atom is -0.451 e. The molecule has 1 aromatic heterocycles. The van der Waals surface area contributed by atoms with Gasteiger partial charge in [-0.2, -0.15) is 0 Å². The highest BCUT2D eigenvalue weighted by atomic mass is 79.9. The molecule has 0 radical (unpaired) electrons. The predicted octanol–water partition coefficient (Wildman–Crippen LogP) is 3.69. The molecular formula is C13H13BrO2. The molecule has 0 aliphatic rings. The van der Waals surface area contributed by atoms with Crippen LogP contribution in [0.25, 0.3) is 0 Å². The Morgan fingerprint density at radius 1 is 1.19 bits per heavy atom. The minimum absolute atomic E-state index is 0.552. The molecule has 0 aliphatic heterocycles. The second kappa shape index (κ2) is 4.85. The molecule has 0 saturated carbocycles. The Morgan fingerprint density at radius 2 is 1.88 bits per heavy atom. The molecule has 0 bridgehead atoms. The quantitative estimate of drug-likeness (QED) is 0.930. The summed E-state index contributed by atoms with van der Waals surface area (Å²) in [5.74, 6) is 0.552. The van der Waals surface area contributed by atoms with Crippen LogP contribution >= 0.6 is 15.9 Å². The first kappa shape index (κ1) is 11.4. The van der Waals surface area contributed by atoms with Gasteiger partial charge in [0, 0.05) is 0 Å². The predicted molar refractivity (Wildman–Crippen MR) is 66.3 cm³/mol. The number of aliphatic hydroxyl groups excluding tert-OH is 1. The number of aryl methyl sites for hydroxylation is 1.